The minimum absolute atomic E-state index is 0.383. The van der Waals surface area contributed by atoms with Crippen molar-refractivity contribution in [3.8, 4) is 17.6 Å². The third-order valence-corrected chi connectivity index (χ3v) is 4.76. The van der Waals surface area contributed by atoms with E-state index in [1.807, 2.05) is 61.5 Å². The Hall–Kier alpha value is -3.03. The highest BCUT2D eigenvalue weighted by molar-refractivity contribution is 9.10. The van der Waals surface area contributed by atoms with Crippen LogP contribution >= 0.6 is 15.9 Å². The predicted molar refractivity (Wildman–Crippen MR) is 118 cm³/mol. The van der Waals surface area contributed by atoms with Gasteiger partial charge in [0.25, 0.3) is 0 Å². The second-order valence-electron chi connectivity index (χ2n) is 6.09. The number of nitrogens with zero attached hydrogens (tertiary/aromatic N) is 1. The molecule has 3 aromatic carbocycles. The van der Waals surface area contributed by atoms with Crippen molar-refractivity contribution >= 4 is 38.4 Å². The van der Waals surface area contributed by atoms with Gasteiger partial charge >= 0.3 is 0 Å². The Bertz CT molecular complexity index is 1080. The fourth-order valence-corrected chi connectivity index (χ4v) is 3.49. The van der Waals surface area contributed by atoms with Gasteiger partial charge in [0.15, 0.2) is 11.5 Å². The number of hydrogen-bond donors (Lipinski definition) is 0. The molecule has 0 radical (unpaired) electrons. The number of ether oxygens (including phenoxy) is 2. The van der Waals surface area contributed by atoms with Crippen LogP contribution < -0.4 is 9.47 Å². The van der Waals surface area contributed by atoms with Crippen molar-refractivity contribution < 1.29 is 9.47 Å². The molecule has 0 bridgehead atoms. The smallest absolute Gasteiger partial charge is 0.175 e. The molecule has 0 saturated heterocycles. The van der Waals surface area contributed by atoms with Gasteiger partial charge in [-0.15, -0.1) is 0 Å². The summed E-state index contributed by atoms with van der Waals surface area (Å²) < 4.78 is 12.2. The minimum atomic E-state index is 0.383. The summed E-state index contributed by atoms with van der Waals surface area (Å²) in [5.74, 6) is 1.25. The molecule has 0 unspecified atom stereocenters. The van der Waals surface area contributed by atoms with Gasteiger partial charge in [0.05, 0.1) is 22.7 Å². The highest BCUT2D eigenvalue weighted by atomic mass is 79.9. The summed E-state index contributed by atoms with van der Waals surface area (Å²) in [7, 11) is 0. The van der Waals surface area contributed by atoms with E-state index in [-0.39, 0.29) is 0 Å². The van der Waals surface area contributed by atoms with Crippen LogP contribution in [0.3, 0.4) is 0 Å². The van der Waals surface area contributed by atoms with E-state index in [1.54, 1.807) is 6.08 Å². The van der Waals surface area contributed by atoms with Gasteiger partial charge in [0.1, 0.15) is 6.61 Å². The molecule has 0 heterocycles. The molecule has 0 N–H and O–H groups in total. The quantitative estimate of drug-likeness (QED) is 0.238. The number of rotatable bonds is 7. The van der Waals surface area contributed by atoms with Crippen LogP contribution in [0.2, 0.25) is 0 Å². The van der Waals surface area contributed by atoms with Crippen LogP contribution in [0, 0.1) is 11.3 Å². The normalized spacial score (nSPS) is 11.1. The summed E-state index contributed by atoms with van der Waals surface area (Å²) in [6, 6.07) is 20.2. The predicted octanol–water partition coefficient (Wildman–Crippen LogP) is 6.63. The van der Waals surface area contributed by atoms with Crippen molar-refractivity contribution in [1.29, 1.82) is 5.26 Å². The lowest BCUT2D eigenvalue weighted by molar-refractivity contribution is 0.295. The molecule has 140 valence electrons. The molecule has 0 saturated carbocycles. The second-order valence-corrected chi connectivity index (χ2v) is 6.95. The van der Waals surface area contributed by atoms with E-state index in [0.29, 0.717) is 30.3 Å². The minimum Gasteiger partial charge on any atom is -0.490 e. The fraction of sp³-hybridized carbons (Fsp3) is 0.125. The van der Waals surface area contributed by atoms with E-state index >= 15 is 0 Å². The van der Waals surface area contributed by atoms with Crippen molar-refractivity contribution in [2.75, 3.05) is 13.2 Å². The third-order valence-electron chi connectivity index (χ3n) is 4.17. The van der Waals surface area contributed by atoms with Gasteiger partial charge in [0.2, 0.25) is 0 Å². The van der Waals surface area contributed by atoms with Gasteiger partial charge < -0.3 is 9.47 Å². The number of fused-ring (bicyclic) bond motifs is 1. The van der Waals surface area contributed by atoms with Crippen LogP contribution in [-0.4, -0.2) is 13.2 Å². The summed E-state index contributed by atoms with van der Waals surface area (Å²) in [5.41, 5.74) is 2.31. The van der Waals surface area contributed by atoms with Crippen LogP contribution in [0.4, 0.5) is 0 Å². The van der Waals surface area contributed by atoms with E-state index in [0.717, 1.165) is 26.4 Å². The molecule has 0 atom stereocenters. The highest BCUT2D eigenvalue weighted by Gasteiger charge is 2.12. The largest absolute Gasteiger partial charge is 0.490 e. The number of benzene rings is 3. The number of hydrogen-bond acceptors (Lipinski definition) is 3. The molecule has 0 spiro atoms. The fourth-order valence-electron chi connectivity index (χ4n) is 2.92. The lowest BCUT2D eigenvalue weighted by Gasteiger charge is -2.14. The van der Waals surface area contributed by atoms with Crippen LogP contribution in [0.15, 0.2) is 71.7 Å². The van der Waals surface area contributed by atoms with Crippen LogP contribution in [-0.2, 0) is 0 Å². The molecule has 0 aliphatic heterocycles. The monoisotopic (exact) mass is 433 g/mol. The zero-order chi connectivity index (χ0) is 19.9. The van der Waals surface area contributed by atoms with Crippen molar-refractivity contribution in [2.45, 2.75) is 6.92 Å². The average Bonchev–Trinajstić information content (AvgIpc) is 2.71. The van der Waals surface area contributed by atoms with Gasteiger partial charge in [-0.05, 0) is 69.0 Å². The molecule has 4 heteroatoms. The summed E-state index contributed by atoms with van der Waals surface area (Å²) in [5, 5.41) is 12.0. The maximum Gasteiger partial charge on any atom is 0.175 e. The highest BCUT2D eigenvalue weighted by Crippen LogP contribution is 2.38. The first-order valence-corrected chi connectivity index (χ1v) is 9.76. The Morgan fingerprint density at radius 1 is 1.11 bits per heavy atom. The molecule has 3 rings (SSSR count). The lowest BCUT2D eigenvalue weighted by Crippen LogP contribution is -2.00. The molecule has 0 amide bonds. The Morgan fingerprint density at radius 3 is 2.61 bits per heavy atom. The van der Waals surface area contributed by atoms with Gasteiger partial charge in [-0.3, -0.25) is 0 Å². The van der Waals surface area contributed by atoms with Crippen LogP contribution in [0.5, 0.6) is 11.5 Å². The Balaban J connectivity index is 2.03. The molecule has 0 aliphatic rings. The van der Waals surface area contributed by atoms with Gasteiger partial charge in [-0.1, -0.05) is 49.1 Å². The number of halogens is 1. The second kappa shape index (κ2) is 9.25. The van der Waals surface area contributed by atoms with Crippen molar-refractivity contribution in [2.24, 2.45) is 0 Å². The Morgan fingerprint density at radius 2 is 1.89 bits per heavy atom. The van der Waals surface area contributed by atoms with E-state index < -0.39 is 0 Å². The molecule has 3 aromatic rings. The molecule has 28 heavy (non-hydrogen) atoms. The molecular weight excluding hydrogens is 414 g/mol. The summed E-state index contributed by atoms with van der Waals surface area (Å²) in [6.45, 7) is 6.49. The molecule has 0 aliphatic carbocycles. The van der Waals surface area contributed by atoms with Crippen LogP contribution in [0.1, 0.15) is 18.1 Å². The van der Waals surface area contributed by atoms with E-state index in [1.165, 1.54) is 0 Å². The van der Waals surface area contributed by atoms with Crippen molar-refractivity contribution in [1.82, 2.24) is 0 Å². The summed E-state index contributed by atoms with van der Waals surface area (Å²) >= 11 is 3.55. The third kappa shape index (κ3) is 4.44. The molecule has 0 aromatic heterocycles. The maximum atomic E-state index is 9.73. The van der Waals surface area contributed by atoms with Crippen molar-refractivity contribution in [3.63, 3.8) is 0 Å². The summed E-state index contributed by atoms with van der Waals surface area (Å²) in [4.78, 5) is 0. The first-order valence-electron chi connectivity index (χ1n) is 8.97. The van der Waals surface area contributed by atoms with E-state index in [9.17, 15) is 5.26 Å². The Labute approximate surface area is 173 Å². The molecular formula is C24H20BrNO2. The SMILES string of the molecule is C=CCOc1c(Br)cc(/C=C(/C#N)c2ccc3ccccc3c2)cc1OCC. The van der Waals surface area contributed by atoms with E-state index in [4.69, 9.17) is 9.47 Å². The Kier molecular flexibility index (Phi) is 6.52. The average molecular weight is 434 g/mol. The molecule has 0 fully saturated rings. The van der Waals surface area contributed by atoms with Crippen molar-refractivity contribution in [3.05, 3.63) is 82.9 Å². The van der Waals surface area contributed by atoms with Gasteiger partial charge in [0, 0.05) is 0 Å². The van der Waals surface area contributed by atoms with Crippen LogP contribution in [0.25, 0.3) is 22.4 Å². The summed E-state index contributed by atoms with van der Waals surface area (Å²) in [6.07, 6.45) is 3.54. The molecule has 3 nitrogen and oxygen atoms in total. The topological polar surface area (TPSA) is 42.2 Å². The first kappa shape index (κ1) is 19.7. The maximum absolute atomic E-state index is 9.73. The first-order chi connectivity index (χ1) is 13.7. The zero-order valence-electron chi connectivity index (χ0n) is 15.6. The van der Waals surface area contributed by atoms with Gasteiger partial charge in [-0.2, -0.15) is 5.26 Å². The van der Waals surface area contributed by atoms with Gasteiger partial charge in [-0.25, -0.2) is 0 Å². The zero-order valence-corrected chi connectivity index (χ0v) is 17.2. The number of allylic oxidation sites excluding steroid dienone is 1. The standard InChI is InChI=1S/C24H20BrNO2/c1-3-11-28-24-22(25)13-17(14-23(24)27-4-2)12-21(16-26)20-10-9-18-7-5-6-8-19(18)15-20/h3,5-10,12-15H,1,4,11H2,2H3/b21-12-. The number of nitriles is 1. The lowest BCUT2D eigenvalue weighted by atomic mass is 10.00. The van der Waals surface area contributed by atoms with E-state index in [2.05, 4.69) is 34.6 Å².